The largest absolute Gasteiger partial charge is 0.369 e. The summed E-state index contributed by atoms with van der Waals surface area (Å²) >= 11 is 0. The van der Waals surface area contributed by atoms with Crippen molar-refractivity contribution < 1.29 is 4.79 Å². The zero-order valence-electron chi connectivity index (χ0n) is 12.6. The lowest BCUT2D eigenvalue weighted by atomic mass is 9.97. The first-order valence-electron chi connectivity index (χ1n) is 7.14. The second-order valence-corrected chi connectivity index (χ2v) is 5.78. The van der Waals surface area contributed by atoms with Gasteiger partial charge in [0.1, 0.15) is 11.4 Å². The van der Waals surface area contributed by atoms with E-state index in [1.165, 1.54) is 11.1 Å². The zero-order valence-corrected chi connectivity index (χ0v) is 12.6. The molecule has 21 heavy (non-hydrogen) atoms. The molecular weight excluding hydrogens is 264 g/mol. The number of aromatic nitrogens is 2. The van der Waals surface area contributed by atoms with Crippen LogP contribution in [-0.2, 0) is 6.54 Å². The summed E-state index contributed by atoms with van der Waals surface area (Å²) in [5.41, 5.74) is 3.21. The summed E-state index contributed by atoms with van der Waals surface area (Å²) in [6.07, 6.45) is 1.65. The van der Waals surface area contributed by atoms with Crippen LogP contribution >= 0.6 is 0 Å². The van der Waals surface area contributed by atoms with Crippen molar-refractivity contribution in [2.75, 3.05) is 26.0 Å². The Kier molecular flexibility index (Phi) is 3.41. The number of nitrogens with zero attached hydrogens (tertiary/aromatic N) is 3. The number of aryl methyl sites for hydroxylation is 1. The summed E-state index contributed by atoms with van der Waals surface area (Å²) in [5, 5.41) is 7.72. The molecule has 0 aliphatic carbocycles. The van der Waals surface area contributed by atoms with Crippen molar-refractivity contribution in [1.82, 2.24) is 14.7 Å². The number of nitrogens with one attached hydrogen (secondary N) is 1. The van der Waals surface area contributed by atoms with E-state index in [-0.39, 0.29) is 5.91 Å². The lowest BCUT2D eigenvalue weighted by Gasteiger charge is -2.26. The molecule has 3 rings (SSSR count). The van der Waals surface area contributed by atoms with E-state index in [9.17, 15) is 4.79 Å². The molecule has 2 aromatic rings. The first-order valence-corrected chi connectivity index (χ1v) is 7.14. The highest BCUT2D eigenvalue weighted by Gasteiger charge is 2.25. The lowest BCUT2D eigenvalue weighted by molar-refractivity contribution is 0.0828. The highest BCUT2D eigenvalue weighted by atomic mass is 16.2. The van der Waals surface area contributed by atoms with Crippen LogP contribution in [0.25, 0.3) is 0 Å². The molecule has 110 valence electrons. The number of anilines is 1. The van der Waals surface area contributed by atoms with Crippen molar-refractivity contribution >= 4 is 11.7 Å². The second kappa shape index (κ2) is 5.24. The van der Waals surface area contributed by atoms with Gasteiger partial charge in [0.05, 0.1) is 12.7 Å². The molecule has 1 aromatic carbocycles. The minimum atomic E-state index is -0.0162. The first kappa shape index (κ1) is 13.7. The van der Waals surface area contributed by atoms with Crippen LogP contribution in [0.1, 0.15) is 27.4 Å². The number of carbonyl (C=O) groups is 1. The number of rotatable bonds is 2. The fourth-order valence-corrected chi connectivity index (χ4v) is 2.66. The van der Waals surface area contributed by atoms with Gasteiger partial charge in [-0.1, -0.05) is 29.8 Å². The van der Waals surface area contributed by atoms with Crippen molar-refractivity contribution in [1.29, 1.82) is 0 Å². The van der Waals surface area contributed by atoms with Gasteiger partial charge in [-0.2, -0.15) is 5.10 Å². The Balaban J connectivity index is 1.84. The molecule has 1 atom stereocenters. The average molecular weight is 284 g/mol. The van der Waals surface area contributed by atoms with Crippen LogP contribution in [0.4, 0.5) is 5.82 Å². The Bertz CT molecular complexity index is 657. The third kappa shape index (κ3) is 2.51. The summed E-state index contributed by atoms with van der Waals surface area (Å²) in [6, 6.07) is 8.61. The SMILES string of the molecule is Cc1ccc(C2CNc3c(C(=O)N(C)C)cnn3C2)cc1. The van der Waals surface area contributed by atoms with Crippen LogP contribution in [0, 0.1) is 6.92 Å². The van der Waals surface area contributed by atoms with E-state index in [0.717, 1.165) is 18.9 Å². The van der Waals surface area contributed by atoms with Gasteiger partial charge >= 0.3 is 0 Å². The van der Waals surface area contributed by atoms with Crippen molar-refractivity contribution in [3.8, 4) is 0 Å². The molecule has 1 N–H and O–H groups in total. The molecule has 1 unspecified atom stereocenters. The molecule has 1 aliphatic rings. The van der Waals surface area contributed by atoms with Crippen LogP contribution in [0.15, 0.2) is 30.5 Å². The van der Waals surface area contributed by atoms with E-state index in [4.69, 9.17) is 0 Å². The molecule has 0 spiro atoms. The Morgan fingerprint density at radius 1 is 1.33 bits per heavy atom. The molecule has 1 aromatic heterocycles. The minimum Gasteiger partial charge on any atom is -0.369 e. The maximum atomic E-state index is 12.1. The van der Waals surface area contributed by atoms with E-state index in [0.29, 0.717) is 11.5 Å². The van der Waals surface area contributed by atoms with Crippen molar-refractivity contribution in [3.05, 3.63) is 47.2 Å². The molecule has 2 heterocycles. The standard InChI is InChI=1S/C16H20N4O/c1-11-4-6-12(7-5-11)13-8-17-15-14(16(21)19(2)3)9-18-20(15)10-13/h4-7,9,13,17H,8,10H2,1-3H3. The molecule has 5 nitrogen and oxygen atoms in total. The van der Waals surface area contributed by atoms with E-state index in [1.54, 1.807) is 25.2 Å². The lowest BCUT2D eigenvalue weighted by Crippen LogP contribution is -2.29. The number of hydrogen-bond donors (Lipinski definition) is 1. The van der Waals surface area contributed by atoms with Crippen LogP contribution < -0.4 is 5.32 Å². The predicted molar refractivity (Wildman–Crippen MR) is 82.7 cm³/mol. The highest BCUT2D eigenvalue weighted by Crippen LogP contribution is 2.28. The number of amides is 1. The van der Waals surface area contributed by atoms with Crippen molar-refractivity contribution in [3.63, 3.8) is 0 Å². The van der Waals surface area contributed by atoms with E-state index in [1.807, 2.05) is 4.68 Å². The van der Waals surface area contributed by atoms with Gasteiger partial charge in [0, 0.05) is 26.6 Å². The number of hydrogen-bond acceptors (Lipinski definition) is 3. The molecule has 1 aliphatic heterocycles. The number of carbonyl (C=O) groups excluding carboxylic acids is 1. The van der Waals surface area contributed by atoms with Gasteiger partial charge in [-0.15, -0.1) is 0 Å². The predicted octanol–water partition coefficient (Wildman–Crippen LogP) is 2.10. The molecule has 0 fully saturated rings. The molecule has 0 saturated carbocycles. The van der Waals surface area contributed by atoms with Gasteiger partial charge in [-0.25, -0.2) is 4.68 Å². The Morgan fingerprint density at radius 2 is 2.05 bits per heavy atom. The third-order valence-corrected chi connectivity index (χ3v) is 3.93. The normalized spacial score (nSPS) is 17.0. The van der Waals surface area contributed by atoms with Gasteiger partial charge in [0.25, 0.3) is 5.91 Å². The third-order valence-electron chi connectivity index (χ3n) is 3.93. The maximum Gasteiger partial charge on any atom is 0.258 e. The molecular formula is C16H20N4O. The van der Waals surface area contributed by atoms with E-state index < -0.39 is 0 Å². The molecule has 0 radical (unpaired) electrons. The van der Waals surface area contributed by atoms with Crippen LogP contribution in [0.5, 0.6) is 0 Å². The van der Waals surface area contributed by atoms with E-state index in [2.05, 4.69) is 41.6 Å². The van der Waals surface area contributed by atoms with Crippen molar-refractivity contribution in [2.24, 2.45) is 0 Å². The van der Waals surface area contributed by atoms with Crippen LogP contribution in [0.3, 0.4) is 0 Å². The van der Waals surface area contributed by atoms with Crippen LogP contribution in [-0.4, -0.2) is 41.2 Å². The van der Waals surface area contributed by atoms with Crippen molar-refractivity contribution in [2.45, 2.75) is 19.4 Å². The summed E-state index contributed by atoms with van der Waals surface area (Å²) in [6.45, 7) is 3.71. The quantitative estimate of drug-likeness (QED) is 0.919. The maximum absolute atomic E-state index is 12.1. The average Bonchev–Trinajstić information content (AvgIpc) is 2.90. The smallest absolute Gasteiger partial charge is 0.258 e. The summed E-state index contributed by atoms with van der Waals surface area (Å²) in [7, 11) is 3.51. The fourth-order valence-electron chi connectivity index (χ4n) is 2.66. The fraction of sp³-hybridized carbons (Fsp3) is 0.375. The molecule has 0 bridgehead atoms. The van der Waals surface area contributed by atoms with Gasteiger partial charge < -0.3 is 10.2 Å². The number of benzene rings is 1. The van der Waals surface area contributed by atoms with Gasteiger partial charge in [0.2, 0.25) is 0 Å². The van der Waals surface area contributed by atoms with Gasteiger partial charge in [0.15, 0.2) is 0 Å². The zero-order chi connectivity index (χ0) is 15.0. The van der Waals surface area contributed by atoms with Crippen LogP contribution in [0.2, 0.25) is 0 Å². The monoisotopic (exact) mass is 284 g/mol. The summed E-state index contributed by atoms with van der Waals surface area (Å²) in [4.78, 5) is 13.7. The highest BCUT2D eigenvalue weighted by molar-refractivity contribution is 5.98. The minimum absolute atomic E-state index is 0.0162. The second-order valence-electron chi connectivity index (χ2n) is 5.78. The Labute approximate surface area is 124 Å². The summed E-state index contributed by atoms with van der Waals surface area (Å²) < 4.78 is 1.89. The first-order chi connectivity index (χ1) is 10.1. The van der Waals surface area contributed by atoms with Gasteiger partial charge in [-0.3, -0.25) is 4.79 Å². The number of fused-ring (bicyclic) bond motifs is 1. The molecule has 5 heteroatoms. The Hall–Kier alpha value is -2.30. The topological polar surface area (TPSA) is 50.2 Å². The summed E-state index contributed by atoms with van der Waals surface area (Å²) in [5.74, 6) is 1.19. The van der Waals surface area contributed by atoms with E-state index >= 15 is 0 Å². The Morgan fingerprint density at radius 3 is 2.71 bits per heavy atom. The van der Waals surface area contributed by atoms with Gasteiger partial charge in [-0.05, 0) is 12.5 Å². The molecule has 0 saturated heterocycles. The molecule has 1 amide bonds.